The number of allylic oxidation sites excluding steroid dienone is 3. The first kappa shape index (κ1) is 30.9. The van der Waals surface area contributed by atoms with Crippen LogP contribution in [0.3, 0.4) is 0 Å². The van der Waals surface area contributed by atoms with Gasteiger partial charge in [-0.2, -0.15) is 11.8 Å². The highest BCUT2D eigenvalue weighted by Crippen LogP contribution is 2.62. The Morgan fingerprint density at radius 3 is 2.27 bits per heavy atom. The molecule has 0 N–H and O–H groups in total. The molecule has 0 heterocycles. The van der Waals surface area contributed by atoms with Crippen molar-refractivity contribution in [1.29, 1.82) is 0 Å². The second-order valence-corrected chi connectivity index (χ2v) is 13.2. The van der Waals surface area contributed by atoms with Crippen LogP contribution < -0.4 is 0 Å². The Balaban J connectivity index is 0.000000386. The lowest BCUT2D eigenvalue weighted by Crippen LogP contribution is -2.49. The Hall–Kier alpha value is -0.170. The van der Waals surface area contributed by atoms with Crippen molar-refractivity contribution in [2.75, 3.05) is 5.75 Å². The van der Waals surface area contributed by atoms with E-state index in [1.165, 1.54) is 88.4 Å². The number of fused-ring (bicyclic) bond motifs is 3. The Bertz CT molecular complexity index is 585. The van der Waals surface area contributed by atoms with E-state index in [1.54, 1.807) is 5.57 Å². The van der Waals surface area contributed by atoms with Crippen LogP contribution in [-0.4, -0.2) is 11.0 Å². The minimum Gasteiger partial charge on any atom is -0.159 e. The fourth-order valence-corrected chi connectivity index (χ4v) is 8.18. The van der Waals surface area contributed by atoms with E-state index in [0.717, 1.165) is 23.0 Å². The van der Waals surface area contributed by atoms with E-state index < -0.39 is 0 Å². The predicted octanol–water partition coefficient (Wildman–Crippen LogP) is 11.3. The van der Waals surface area contributed by atoms with Gasteiger partial charge in [0.15, 0.2) is 0 Å². The molecule has 0 saturated heterocycles. The van der Waals surface area contributed by atoms with Gasteiger partial charge in [0.25, 0.3) is 0 Å². The Morgan fingerprint density at radius 1 is 1.00 bits per heavy atom. The second-order valence-electron chi connectivity index (χ2n) is 11.6. The van der Waals surface area contributed by atoms with Gasteiger partial charge in [0.1, 0.15) is 0 Å². The summed E-state index contributed by atoms with van der Waals surface area (Å²) in [5.74, 6) is 4.14. The van der Waals surface area contributed by atoms with E-state index in [9.17, 15) is 0 Å². The van der Waals surface area contributed by atoms with Crippen molar-refractivity contribution in [2.45, 2.75) is 145 Å². The number of hydrogen-bond acceptors (Lipinski definition) is 1. The summed E-state index contributed by atoms with van der Waals surface area (Å²) in [6, 6.07) is 0. The van der Waals surface area contributed by atoms with Gasteiger partial charge in [0.05, 0.1) is 0 Å². The Kier molecular flexibility index (Phi) is 14.1. The van der Waals surface area contributed by atoms with Gasteiger partial charge in [-0.1, -0.05) is 105 Å². The van der Waals surface area contributed by atoms with Crippen molar-refractivity contribution < 1.29 is 0 Å². The van der Waals surface area contributed by atoms with Gasteiger partial charge < -0.3 is 0 Å². The lowest BCUT2D eigenvalue weighted by Gasteiger charge is -2.58. The molecule has 0 radical (unpaired) electrons. The molecule has 0 aromatic rings. The molecule has 2 saturated carbocycles. The van der Waals surface area contributed by atoms with Gasteiger partial charge in [0, 0.05) is 5.25 Å². The van der Waals surface area contributed by atoms with Crippen LogP contribution >= 0.6 is 11.8 Å². The maximum atomic E-state index is 4.23. The van der Waals surface area contributed by atoms with Crippen LogP contribution in [0.4, 0.5) is 0 Å². The van der Waals surface area contributed by atoms with Crippen molar-refractivity contribution in [3.8, 4) is 0 Å². The maximum Gasteiger partial charge on any atom is 0.00443 e. The second kappa shape index (κ2) is 15.1. The van der Waals surface area contributed by atoms with E-state index in [-0.39, 0.29) is 0 Å². The zero-order chi connectivity index (χ0) is 25.1. The summed E-state index contributed by atoms with van der Waals surface area (Å²) in [7, 11) is 0. The van der Waals surface area contributed by atoms with Crippen molar-refractivity contribution in [2.24, 2.45) is 28.6 Å². The predicted molar refractivity (Wildman–Crippen MR) is 155 cm³/mol. The molecule has 0 aliphatic heterocycles. The minimum absolute atomic E-state index is 0.493. The van der Waals surface area contributed by atoms with Gasteiger partial charge in [-0.15, -0.1) is 0 Å². The van der Waals surface area contributed by atoms with Crippen molar-refractivity contribution in [1.82, 2.24) is 0 Å². The van der Waals surface area contributed by atoms with Crippen molar-refractivity contribution in [3.05, 3.63) is 23.8 Å². The van der Waals surface area contributed by atoms with Crippen LogP contribution in [0.2, 0.25) is 0 Å². The molecule has 5 unspecified atom stereocenters. The molecule has 0 bridgehead atoms. The number of rotatable bonds is 8. The fourth-order valence-electron chi connectivity index (χ4n) is 7.14. The topological polar surface area (TPSA) is 0 Å². The van der Waals surface area contributed by atoms with Gasteiger partial charge in [-0.25, -0.2) is 0 Å². The van der Waals surface area contributed by atoms with Crippen LogP contribution in [0.15, 0.2) is 23.8 Å². The third kappa shape index (κ3) is 8.18. The molecule has 3 rings (SSSR count). The highest BCUT2D eigenvalue weighted by molar-refractivity contribution is 7.99. The quantitative estimate of drug-likeness (QED) is 0.335. The van der Waals surface area contributed by atoms with Crippen LogP contribution in [0.25, 0.3) is 0 Å². The molecule has 0 aromatic heterocycles. The molecule has 0 aromatic carbocycles. The Labute approximate surface area is 214 Å². The normalized spacial score (nSPS) is 31.0. The standard InChI is InChI=1S/C21H34.C9H20S.C2H6/c1-6-7-18-17-9-8-16-14-15(2)10-13-21(16,5)19(17)11-12-20(18,3)4;1-4-7-8-9(5-2)10-6-3;1-2/h14,17-19H,2,6-13H2,1,3-5H3;9H,4-8H2,1-3H3;1-2H3. The number of unbranched alkanes of at least 4 members (excludes halogenated alkanes) is 1. The molecule has 0 nitrogen and oxygen atoms in total. The fraction of sp³-hybridized carbons (Fsp3) is 0.875. The molecule has 5 atom stereocenters. The first-order valence-corrected chi connectivity index (χ1v) is 15.8. The van der Waals surface area contributed by atoms with Crippen molar-refractivity contribution in [3.63, 3.8) is 0 Å². The van der Waals surface area contributed by atoms with E-state index in [0.29, 0.717) is 10.8 Å². The van der Waals surface area contributed by atoms with Crippen LogP contribution in [0.1, 0.15) is 139 Å². The first-order chi connectivity index (χ1) is 15.7. The highest BCUT2D eigenvalue weighted by Gasteiger charge is 2.53. The summed E-state index contributed by atoms with van der Waals surface area (Å²) < 4.78 is 0. The highest BCUT2D eigenvalue weighted by atomic mass is 32.2. The molecular formula is C32H60S. The van der Waals surface area contributed by atoms with E-state index in [4.69, 9.17) is 0 Å². The average Bonchev–Trinajstić information content (AvgIpc) is 2.80. The third-order valence-corrected chi connectivity index (χ3v) is 10.5. The monoisotopic (exact) mass is 476 g/mol. The van der Waals surface area contributed by atoms with Gasteiger partial charge >= 0.3 is 0 Å². The van der Waals surface area contributed by atoms with E-state index in [2.05, 4.69) is 72.9 Å². The van der Waals surface area contributed by atoms with Gasteiger partial charge in [0.2, 0.25) is 0 Å². The smallest absolute Gasteiger partial charge is 0.00443 e. The zero-order valence-electron chi connectivity index (χ0n) is 24.2. The summed E-state index contributed by atoms with van der Waals surface area (Å²) in [5, 5.41) is 0.935. The summed E-state index contributed by atoms with van der Waals surface area (Å²) in [5.41, 5.74) is 4.18. The molecule has 33 heavy (non-hydrogen) atoms. The SMILES string of the molecule is C=C1C=C2CCC3C(CCC)C(C)(C)CCC3C2(C)CC1.CC.CCCCC(CC)SCC. The van der Waals surface area contributed by atoms with E-state index in [1.807, 2.05) is 13.8 Å². The molecular weight excluding hydrogens is 416 g/mol. The number of thioether (sulfide) groups is 1. The molecule has 2 fully saturated rings. The molecule has 0 spiro atoms. The summed E-state index contributed by atoms with van der Waals surface area (Å²) in [4.78, 5) is 0. The van der Waals surface area contributed by atoms with Crippen LogP contribution in [-0.2, 0) is 0 Å². The molecule has 194 valence electrons. The number of hydrogen-bond donors (Lipinski definition) is 0. The first-order valence-electron chi connectivity index (χ1n) is 14.7. The van der Waals surface area contributed by atoms with Crippen LogP contribution in [0.5, 0.6) is 0 Å². The lowest BCUT2D eigenvalue weighted by atomic mass is 9.46. The molecule has 3 aliphatic carbocycles. The maximum absolute atomic E-state index is 4.23. The molecule has 0 amide bonds. The van der Waals surface area contributed by atoms with Gasteiger partial charge in [-0.05, 0) is 92.1 Å². The van der Waals surface area contributed by atoms with Crippen molar-refractivity contribution >= 4 is 11.8 Å². The Morgan fingerprint density at radius 2 is 1.70 bits per heavy atom. The van der Waals surface area contributed by atoms with Gasteiger partial charge in [-0.3, -0.25) is 0 Å². The minimum atomic E-state index is 0.493. The average molecular weight is 477 g/mol. The molecule has 1 heteroatoms. The zero-order valence-corrected chi connectivity index (χ0v) is 25.0. The summed E-state index contributed by atoms with van der Waals surface area (Å²) >= 11 is 2.12. The third-order valence-electron chi connectivity index (χ3n) is 9.12. The summed E-state index contributed by atoms with van der Waals surface area (Å²) in [6.07, 6.45) is 19.0. The molecule has 3 aliphatic rings. The largest absolute Gasteiger partial charge is 0.159 e. The van der Waals surface area contributed by atoms with Crippen LogP contribution in [0, 0.1) is 28.6 Å². The lowest BCUT2D eigenvalue weighted by molar-refractivity contribution is -0.0464. The van der Waals surface area contributed by atoms with E-state index >= 15 is 0 Å². The summed E-state index contributed by atoms with van der Waals surface area (Å²) in [6.45, 7) is 25.1.